The zero-order valence-corrected chi connectivity index (χ0v) is 15.0. The van der Waals surface area contributed by atoms with E-state index >= 15 is 0 Å². The highest BCUT2D eigenvalue weighted by Gasteiger charge is 2.37. The maximum atomic E-state index is 13.5. The number of allylic oxidation sites excluding steroid dienone is 1. The van der Waals surface area contributed by atoms with Crippen molar-refractivity contribution in [2.24, 2.45) is 17.8 Å². The Balaban J connectivity index is 2.25. The van der Waals surface area contributed by atoms with Crippen molar-refractivity contribution >= 4 is 12.7 Å². The minimum absolute atomic E-state index is 0.0924. The molecule has 0 aromatic heterocycles. The molecule has 4 atom stereocenters. The van der Waals surface area contributed by atoms with Crippen LogP contribution in [0.25, 0.3) is 0 Å². The summed E-state index contributed by atoms with van der Waals surface area (Å²) in [7, 11) is -2.86. The lowest BCUT2D eigenvalue weighted by Gasteiger charge is -2.38. The smallest absolute Gasteiger partial charge is 0.236 e. The third-order valence-electron chi connectivity index (χ3n) is 4.79. The van der Waals surface area contributed by atoms with E-state index in [0.29, 0.717) is 23.9 Å². The fraction of sp³-hybridized carbons (Fsp3) is 0.579. The molecule has 0 amide bonds. The summed E-state index contributed by atoms with van der Waals surface area (Å²) in [6.45, 7) is 10.5. The average Bonchev–Trinajstić information content (AvgIpc) is 2.48. The minimum atomic E-state index is -2.86. The molecular formula is C19H29O2P. The molecule has 1 aliphatic carbocycles. The monoisotopic (exact) mass is 320 g/mol. The van der Waals surface area contributed by atoms with Crippen LogP contribution < -0.4 is 5.30 Å². The summed E-state index contributed by atoms with van der Waals surface area (Å²) in [6.07, 6.45) is 5.66. The van der Waals surface area contributed by atoms with Gasteiger partial charge in [-0.1, -0.05) is 51.5 Å². The Morgan fingerprint density at radius 1 is 1.32 bits per heavy atom. The number of rotatable bonds is 6. The predicted molar refractivity (Wildman–Crippen MR) is 95.0 cm³/mol. The van der Waals surface area contributed by atoms with Crippen LogP contribution in [0.2, 0.25) is 0 Å². The Morgan fingerprint density at radius 3 is 2.59 bits per heavy atom. The predicted octanol–water partition coefficient (Wildman–Crippen LogP) is 5.25. The molecule has 0 unspecified atom stereocenters. The quantitative estimate of drug-likeness (QED) is 0.528. The molecule has 1 fully saturated rings. The molecule has 0 radical (unpaired) electrons. The van der Waals surface area contributed by atoms with Gasteiger partial charge in [0.25, 0.3) is 0 Å². The van der Waals surface area contributed by atoms with Gasteiger partial charge in [0.2, 0.25) is 7.37 Å². The van der Waals surface area contributed by atoms with Crippen LogP contribution in [0.15, 0.2) is 43.0 Å². The van der Waals surface area contributed by atoms with Crippen LogP contribution in [-0.4, -0.2) is 12.3 Å². The van der Waals surface area contributed by atoms with E-state index in [4.69, 9.17) is 4.52 Å². The van der Waals surface area contributed by atoms with Crippen LogP contribution in [0, 0.1) is 17.8 Å². The second-order valence-corrected chi connectivity index (χ2v) is 9.39. The van der Waals surface area contributed by atoms with Crippen molar-refractivity contribution in [3.8, 4) is 0 Å². The second kappa shape index (κ2) is 7.62. The first-order valence-electron chi connectivity index (χ1n) is 8.40. The van der Waals surface area contributed by atoms with E-state index in [9.17, 15) is 4.57 Å². The molecule has 0 bridgehead atoms. The highest BCUT2D eigenvalue weighted by atomic mass is 31.2. The molecule has 3 heteroatoms. The molecule has 1 saturated carbocycles. The summed E-state index contributed by atoms with van der Waals surface area (Å²) >= 11 is 0. The van der Waals surface area contributed by atoms with Crippen molar-refractivity contribution in [3.05, 3.63) is 43.0 Å². The number of hydrogen-bond acceptors (Lipinski definition) is 2. The Kier molecular flexibility index (Phi) is 6.06. The minimum Gasteiger partial charge on any atom is -0.321 e. The maximum absolute atomic E-state index is 13.5. The lowest BCUT2D eigenvalue weighted by atomic mass is 9.75. The second-order valence-electron chi connectivity index (χ2n) is 6.95. The molecule has 2 nitrogen and oxygen atoms in total. The van der Waals surface area contributed by atoms with Crippen molar-refractivity contribution < 1.29 is 9.09 Å². The molecule has 22 heavy (non-hydrogen) atoms. The van der Waals surface area contributed by atoms with Gasteiger partial charge in [-0.2, -0.15) is 0 Å². The van der Waals surface area contributed by atoms with Gasteiger partial charge in [-0.15, -0.1) is 6.58 Å². The van der Waals surface area contributed by atoms with Gasteiger partial charge in [0, 0.05) is 11.5 Å². The molecule has 0 saturated heterocycles. The van der Waals surface area contributed by atoms with Crippen molar-refractivity contribution in [2.45, 2.75) is 46.1 Å². The van der Waals surface area contributed by atoms with E-state index in [0.717, 1.165) is 11.7 Å². The largest absolute Gasteiger partial charge is 0.321 e. The van der Waals surface area contributed by atoms with Crippen LogP contribution in [0.5, 0.6) is 0 Å². The summed E-state index contributed by atoms with van der Waals surface area (Å²) in [5, 5.41) is 0.815. The summed E-state index contributed by atoms with van der Waals surface area (Å²) in [4.78, 5) is 0. The Morgan fingerprint density at radius 2 is 2.00 bits per heavy atom. The molecule has 1 aromatic carbocycles. The first-order chi connectivity index (χ1) is 10.5. The molecule has 1 aromatic rings. The first-order valence-corrected chi connectivity index (χ1v) is 10.2. The van der Waals surface area contributed by atoms with E-state index in [-0.39, 0.29) is 6.10 Å². The standard InChI is InChI=1S/C19H29O2P/c1-5-13-22(20,17-9-7-6-8-10-17)21-19-14-16(4)11-12-18(19)15(2)3/h5-10,15-16,18-19H,1,11-14H2,2-4H3/t16-,18+,19-,22+/m1/s1. The Hall–Kier alpha value is -0.850. The van der Waals surface area contributed by atoms with E-state index in [1.54, 1.807) is 6.08 Å². The van der Waals surface area contributed by atoms with Crippen molar-refractivity contribution in [3.63, 3.8) is 0 Å². The molecule has 122 valence electrons. The maximum Gasteiger partial charge on any atom is 0.236 e. The highest BCUT2D eigenvalue weighted by Crippen LogP contribution is 2.51. The first kappa shape index (κ1) is 17.5. The van der Waals surface area contributed by atoms with Gasteiger partial charge in [-0.3, -0.25) is 4.57 Å². The van der Waals surface area contributed by atoms with Crippen LogP contribution in [-0.2, 0) is 9.09 Å². The number of benzene rings is 1. The van der Waals surface area contributed by atoms with Crippen molar-refractivity contribution in [1.29, 1.82) is 0 Å². The molecule has 0 heterocycles. The number of hydrogen-bond donors (Lipinski definition) is 0. The fourth-order valence-corrected chi connectivity index (χ4v) is 5.55. The SMILES string of the molecule is C=CC[P@](=O)(O[C@@H]1C[C@H](C)CC[C@H]1C(C)C)c1ccccc1. The molecule has 0 N–H and O–H groups in total. The van der Waals surface area contributed by atoms with Gasteiger partial charge >= 0.3 is 0 Å². The van der Waals surface area contributed by atoms with Gasteiger partial charge in [-0.25, -0.2) is 0 Å². The lowest BCUT2D eigenvalue weighted by molar-refractivity contribution is 0.0502. The molecule has 0 spiro atoms. The third kappa shape index (κ3) is 4.12. The summed E-state index contributed by atoms with van der Waals surface area (Å²) in [5.41, 5.74) is 0. The Labute approximate surface area is 135 Å². The van der Waals surface area contributed by atoms with E-state index in [2.05, 4.69) is 27.4 Å². The summed E-state index contributed by atoms with van der Waals surface area (Å²) in [6, 6.07) is 9.64. The molecular weight excluding hydrogens is 291 g/mol. The average molecular weight is 320 g/mol. The zero-order valence-electron chi connectivity index (χ0n) is 14.1. The van der Waals surface area contributed by atoms with Gasteiger partial charge in [0.1, 0.15) is 0 Å². The normalized spacial score (nSPS) is 28.3. The fourth-order valence-electron chi connectivity index (χ4n) is 3.49. The van der Waals surface area contributed by atoms with Crippen LogP contribution in [0.1, 0.15) is 40.0 Å². The summed E-state index contributed by atoms with van der Waals surface area (Å²) < 4.78 is 19.8. The molecule has 0 aliphatic heterocycles. The van der Waals surface area contributed by atoms with Crippen LogP contribution in [0.4, 0.5) is 0 Å². The van der Waals surface area contributed by atoms with E-state index in [1.807, 2.05) is 30.3 Å². The summed E-state index contributed by atoms with van der Waals surface area (Å²) in [5.74, 6) is 1.71. The van der Waals surface area contributed by atoms with Gasteiger partial charge in [-0.05, 0) is 42.7 Å². The lowest BCUT2D eigenvalue weighted by Crippen LogP contribution is -2.34. The van der Waals surface area contributed by atoms with Crippen molar-refractivity contribution in [2.75, 3.05) is 6.16 Å². The van der Waals surface area contributed by atoms with Crippen molar-refractivity contribution in [1.82, 2.24) is 0 Å². The van der Waals surface area contributed by atoms with Gasteiger partial charge < -0.3 is 4.52 Å². The van der Waals surface area contributed by atoms with E-state index < -0.39 is 7.37 Å². The van der Waals surface area contributed by atoms with Crippen LogP contribution >= 0.6 is 7.37 Å². The zero-order chi connectivity index (χ0) is 16.2. The molecule has 1 aliphatic rings. The third-order valence-corrected chi connectivity index (χ3v) is 7.22. The van der Waals surface area contributed by atoms with Gasteiger partial charge in [0.05, 0.1) is 6.10 Å². The highest BCUT2D eigenvalue weighted by molar-refractivity contribution is 7.67. The van der Waals surface area contributed by atoms with E-state index in [1.165, 1.54) is 12.8 Å². The van der Waals surface area contributed by atoms with Crippen LogP contribution in [0.3, 0.4) is 0 Å². The Bertz CT molecular complexity index is 523. The molecule has 2 rings (SSSR count). The van der Waals surface area contributed by atoms with Gasteiger partial charge in [0.15, 0.2) is 0 Å². The topological polar surface area (TPSA) is 26.3 Å².